The molecule has 0 radical (unpaired) electrons. The van der Waals surface area contributed by atoms with Gasteiger partial charge in [0.25, 0.3) is 0 Å². The minimum absolute atomic E-state index is 0.228. The number of hydrogen-bond acceptors (Lipinski definition) is 6. The highest BCUT2D eigenvalue weighted by Crippen LogP contribution is 2.26. The Balaban J connectivity index is 1.25. The van der Waals surface area contributed by atoms with Gasteiger partial charge in [-0.3, -0.25) is 4.68 Å². The second-order valence-corrected chi connectivity index (χ2v) is 9.77. The van der Waals surface area contributed by atoms with Crippen molar-refractivity contribution in [3.05, 3.63) is 89.4 Å². The van der Waals surface area contributed by atoms with E-state index in [1.165, 1.54) is 36.1 Å². The summed E-state index contributed by atoms with van der Waals surface area (Å²) in [5, 5.41) is 7.78. The van der Waals surface area contributed by atoms with E-state index in [0.717, 1.165) is 37.1 Å². The summed E-state index contributed by atoms with van der Waals surface area (Å²) in [4.78, 5) is 4.04. The molecule has 0 bridgehead atoms. The summed E-state index contributed by atoms with van der Waals surface area (Å²) in [6.45, 7) is 3.14. The van der Waals surface area contributed by atoms with Gasteiger partial charge in [0, 0.05) is 23.7 Å². The Labute approximate surface area is 214 Å². The minimum atomic E-state index is -4.78. The molecule has 11 heteroatoms. The average Bonchev–Trinajstić information content (AvgIpc) is 3.56. The summed E-state index contributed by atoms with van der Waals surface area (Å²) < 4.78 is 62.2. The molecule has 0 amide bonds. The van der Waals surface area contributed by atoms with E-state index in [9.17, 15) is 17.4 Å². The number of halogens is 3. The predicted octanol–water partition coefficient (Wildman–Crippen LogP) is 5.97. The van der Waals surface area contributed by atoms with Gasteiger partial charge >= 0.3 is 5.51 Å². The number of ether oxygens (including phenoxy) is 1. The van der Waals surface area contributed by atoms with Crippen molar-refractivity contribution in [3.63, 3.8) is 0 Å². The number of alkyl halides is 3. The number of benzene rings is 2. The van der Waals surface area contributed by atoms with Crippen LogP contribution in [0.1, 0.15) is 41.1 Å². The van der Waals surface area contributed by atoms with Crippen molar-refractivity contribution >= 4 is 23.0 Å². The molecular formula is C26H25F3N4O3S. The van der Waals surface area contributed by atoms with E-state index in [1.807, 2.05) is 23.0 Å². The third-order valence-electron chi connectivity index (χ3n) is 5.55. The lowest BCUT2D eigenvalue weighted by molar-refractivity contribution is -0.0384. The van der Waals surface area contributed by atoms with Gasteiger partial charge in [-0.1, -0.05) is 23.4 Å². The molecule has 0 spiro atoms. The normalized spacial score (nSPS) is 12.8. The average molecular weight is 531 g/mol. The van der Waals surface area contributed by atoms with Crippen LogP contribution in [-0.4, -0.2) is 29.7 Å². The molecule has 194 valence electrons. The first-order valence-corrected chi connectivity index (χ1v) is 12.7. The van der Waals surface area contributed by atoms with Gasteiger partial charge in [-0.2, -0.15) is 13.2 Å². The van der Waals surface area contributed by atoms with Crippen LogP contribution in [0.25, 0.3) is 12.2 Å². The van der Waals surface area contributed by atoms with E-state index >= 15 is 0 Å². The molecule has 0 aliphatic heterocycles. The van der Waals surface area contributed by atoms with Gasteiger partial charge in [0.2, 0.25) is 5.89 Å². The molecule has 2 aromatic carbocycles. The number of hydrogen-bond donors (Lipinski definition) is 0. The third-order valence-corrected chi connectivity index (χ3v) is 6.67. The smallest absolute Gasteiger partial charge is 0.475 e. The molecule has 1 unspecified atom stereocenters. The molecule has 1 atom stereocenters. The lowest BCUT2D eigenvalue weighted by atomic mass is 10.0. The molecule has 0 aliphatic carbocycles. The Hall–Kier alpha value is -3.73. The molecule has 0 aliphatic rings. The number of aryl methyl sites for hydroxylation is 3. The fraction of sp³-hybridized carbons (Fsp3) is 0.269. The zero-order chi connectivity index (χ0) is 26.3. The Kier molecular flexibility index (Phi) is 8.54. The fourth-order valence-corrected chi connectivity index (χ4v) is 4.26. The largest absolute Gasteiger partial charge is 0.487 e. The van der Waals surface area contributed by atoms with Crippen LogP contribution in [0.3, 0.4) is 0 Å². The molecule has 2 aromatic heterocycles. The number of unbranched alkanes of at least 4 members (excludes halogenated alkanes) is 1. The van der Waals surface area contributed by atoms with Crippen molar-refractivity contribution in [2.24, 2.45) is 0 Å². The van der Waals surface area contributed by atoms with Gasteiger partial charge in [-0.05, 0) is 73.2 Å². The minimum Gasteiger partial charge on any atom is -0.487 e. The second-order valence-electron chi connectivity index (χ2n) is 8.29. The molecule has 37 heavy (non-hydrogen) atoms. The van der Waals surface area contributed by atoms with Gasteiger partial charge < -0.3 is 9.15 Å². The summed E-state index contributed by atoms with van der Waals surface area (Å²) >= 11 is 0. The molecular weight excluding hydrogens is 505 g/mol. The van der Waals surface area contributed by atoms with Crippen LogP contribution in [0.2, 0.25) is 0 Å². The Bertz CT molecular complexity index is 1350. The lowest BCUT2D eigenvalue weighted by Gasteiger charge is -2.09. The van der Waals surface area contributed by atoms with E-state index < -0.39 is 16.3 Å². The summed E-state index contributed by atoms with van der Waals surface area (Å²) in [7, 11) is -3.05. The van der Waals surface area contributed by atoms with Crippen LogP contribution in [-0.2, 0) is 30.4 Å². The highest BCUT2D eigenvalue weighted by atomic mass is 32.2. The number of aromatic nitrogens is 4. The predicted molar refractivity (Wildman–Crippen MR) is 133 cm³/mol. The van der Waals surface area contributed by atoms with Crippen LogP contribution >= 0.6 is 0 Å². The topological polar surface area (TPSA) is 83.0 Å². The van der Waals surface area contributed by atoms with Crippen LogP contribution in [0.4, 0.5) is 13.2 Å². The van der Waals surface area contributed by atoms with Gasteiger partial charge in [0.15, 0.2) is 10.8 Å². The first-order chi connectivity index (χ1) is 17.8. The van der Waals surface area contributed by atoms with E-state index in [0.29, 0.717) is 17.1 Å². The summed E-state index contributed by atoms with van der Waals surface area (Å²) in [6.07, 6.45) is 11.3. The Morgan fingerprint density at radius 3 is 2.62 bits per heavy atom. The van der Waals surface area contributed by atoms with Crippen molar-refractivity contribution in [1.82, 2.24) is 20.0 Å². The quantitative estimate of drug-likeness (QED) is 0.222. The highest BCUT2D eigenvalue weighted by Gasteiger charge is 2.37. The monoisotopic (exact) mass is 530 g/mol. The molecule has 4 aromatic rings. The van der Waals surface area contributed by atoms with E-state index in [-0.39, 0.29) is 11.5 Å². The van der Waals surface area contributed by atoms with Crippen molar-refractivity contribution < 1.29 is 26.5 Å². The molecule has 0 saturated carbocycles. The lowest BCUT2D eigenvalue weighted by Crippen LogP contribution is -2.16. The number of oxazole rings is 1. The van der Waals surface area contributed by atoms with Gasteiger partial charge in [-0.25, -0.2) is 9.19 Å². The van der Waals surface area contributed by atoms with E-state index in [4.69, 9.17) is 9.15 Å². The SMILES string of the molecule is Cc1cc(OCc2coc(C=Cc3ccc(S(=O)C(F)(F)F)cc3)n2)ccc1CCCCn1ccnn1. The molecule has 4 rings (SSSR count). The van der Waals surface area contributed by atoms with Gasteiger partial charge in [0.05, 0.1) is 6.20 Å². The standard InChI is InChI=1S/C26H25F3N4O3S/c1-19-16-23(9-8-21(19)4-2-3-14-33-15-13-30-32-33)35-17-22-18-36-25(31-22)12-7-20-5-10-24(11-6-20)37(34)26(27,28)29/h5-13,15-16,18H,2-4,14,17H2,1H3. The Morgan fingerprint density at radius 2 is 1.92 bits per heavy atom. The van der Waals surface area contributed by atoms with Crippen LogP contribution in [0.5, 0.6) is 5.75 Å². The summed E-state index contributed by atoms with van der Waals surface area (Å²) in [5.41, 5.74) is -1.13. The molecule has 0 N–H and O–H groups in total. The summed E-state index contributed by atoms with van der Waals surface area (Å²) in [5.74, 6) is 1.07. The van der Waals surface area contributed by atoms with Gasteiger partial charge in [-0.15, -0.1) is 5.10 Å². The zero-order valence-corrected chi connectivity index (χ0v) is 20.8. The number of rotatable bonds is 11. The van der Waals surface area contributed by atoms with E-state index in [2.05, 4.69) is 28.3 Å². The van der Waals surface area contributed by atoms with Crippen LogP contribution < -0.4 is 4.74 Å². The van der Waals surface area contributed by atoms with Crippen LogP contribution in [0.15, 0.2) is 70.4 Å². The first-order valence-electron chi connectivity index (χ1n) is 11.6. The van der Waals surface area contributed by atoms with Crippen molar-refractivity contribution in [1.29, 1.82) is 0 Å². The van der Waals surface area contributed by atoms with Crippen molar-refractivity contribution in [3.8, 4) is 5.75 Å². The summed E-state index contributed by atoms with van der Waals surface area (Å²) in [6, 6.07) is 11.3. The molecule has 2 heterocycles. The fourth-order valence-electron chi connectivity index (χ4n) is 3.61. The highest BCUT2D eigenvalue weighted by molar-refractivity contribution is 7.86. The van der Waals surface area contributed by atoms with Crippen LogP contribution in [0, 0.1) is 6.92 Å². The number of nitrogens with zero attached hydrogens (tertiary/aromatic N) is 4. The maximum Gasteiger partial charge on any atom is 0.475 e. The molecule has 0 fully saturated rings. The van der Waals surface area contributed by atoms with Crippen molar-refractivity contribution in [2.75, 3.05) is 0 Å². The van der Waals surface area contributed by atoms with Crippen molar-refractivity contribution in [2.45, 2.75) is 49.7 Å². The molecule has 0 saturated heterocycles. The van der Waals surface area contributed by atoms with E-state index in [1.54, 1.807) is 18.3 Å². The van der Waals surface area contributed by atoms with Gasteiger partial charge in [0.1, 0.15) is 24.3 Å². The zero-order valence-electron chi connectivity index (χ0n) is 20.0. The third kappa shape index (κ3) is 7.63. The molecule has 7 nitrogen and oxygen atoms in total. The second kappa shape index (κ2) is 12.0. The maximum absolute atomic E-state index is 12.6. The maximum atomic E-state index is 12.6. The first kappa shape index (κ1) is 26.3. The Morgan fingerprint density at radius 1 is 1.11 bits per heavy atom.